The Kier molecular flexibility index (Phi) is 6.78. The van der Waals surface area contributed by atoms with Gasteiger partial charge in [0.1, 0.15) is 12.4 Å². The number of halogens is 8. The molecule has 164 valence electrons. The van der Waals surface area contributed by atoms with E-state index >= 15 is 0 Å². The maximum Gasteiger partial charge on any atom is 0.462 e. The number of nitrogens with zero attached hydrogens (tertiary/aromatic N) is 1. The van der Waals surface area contributed by atoms with Crippen LogP contribution in [0.15, 0.2) is 47.6 Å². The Balaban J connectivity index is 2.10. The van der Waals surface area contributed by atoms with Crippen molar-refractivity contribution in [2.45, 2.75) is 24.8 Å². The van der Waals surface area contributed by atoms with E-state index < -0.39 is 24.0 Å². The van der Waals surface area contributed by atoms with Gasteiger partial charge in [0.25, 0.3) is 0 Å². The van der Waals surface area contributed by atoms with Crippen LogP contribution in [0.1, 0.15) is 11.1 Å². The van der Waals surface area contributed by atoms with Crippen LogP contribution in [0.3, 0.4) is 0 Å². The average molecular weight is 442 g/mol. The molecule has 0 bridgehead atoms. The molecule has 2 aromatic carbocycles. The Labute approximate surface area is 165 Å². The van der Waals surface area contributed by atoms with Crippen molar-refractivity contribution in [3.8, 4) is 11.5 Å². The van der Waals surface area contributed by atoms with E-state index in [-0.39, 0.29) is 29.2 Å². The number of hydrazone groups is 1. The van der Waals surface area contributed by atoms with Gasteiger partial charge in [0.2, 0.25) is 0 Å². The number of rotatable bonds is 8. The molecule has 4 nitrogen and oxygen atoms in total. The smallest absolute Gasteiger partial charge is 0.462 e. The van der Waals surface area contributed by atoms with Gasteiger partial charge in [0, 0.05) is 5.56 Å². The van der Waals surface area contributed by atoms with Crippen LogP contribution in [0.4, 0.5) is 35.1 Å². The molecule has 0 saturated carbocycles. The van der Waals surface area contributed by atoms with E-state index in [0.717, 1.165) is 0 Å². The SMILES string of the molecule is COc1cc(/C=N/NC(F)(F)C(F)(F)C(F)(F)F)ccc1OCc1ccccc1F. The van der Waals surface area contributed by atoms with Crippen molar-refractivity contribution >= 4 is 6.21 Å². The molecule has 0 aromatic heterocycles. The van der Waals surface area contributed by atoms with Crippen LogP contribution in [-0.2, 0) is 6.61 Å². The summed E-state index contributed by atoms with van der Waals surface area (Å²) in [6, 6.07) is 3.88. The molecule has 0 spiro atoms. The molecule has 0 aliphatic rings. The summed E-state index contributed by atoms with van der Waals surface area (Å²) >= 11 is 0. The lowest BCUT2D eigenvalue weighted by Gasteiger charge is -2.27. The number of nitrogens with one attached hydrogen (secondary N) is 1. The van der Waals surface area contributed by atoms with Crippen LogP contribution in [0.25, 0.3) is 0 Å². The van der Waals surface area contributed by atoms with E-state index in [1.165, 1.54) is 43.5 Å². The summed E-state index contributed by atoms with van der Waals surface area (Å²) in [5.41, 5.74) is 0.781. The van der Waals surface area contributed by atoms with Crippen LogP contribution >= 0.6 is 0 Å². The molecule has 30 heavy (non-hydrogen) atoms. The van der Waals surface area contributed by atoms with Crippen molar-refractivity contribution in [1.29, 1.82) is 0 Å². The second kappa shape index (κ2) is 8.76. The van der Waals surface area contributed by atoms with Crippen LogP contribution in [0, 0.1) is 5.82 Å². The minimum absolute atomic E-state index is 0.0173. The number of alkyl halides is 7. The molecule has 0 aliphatic carbocycles. The van der Waals surface area contributed by atoms with E-state index in [9.17, 15) is 35.1 Å². The predicted molar refractivity (Wildman–Crippen MR) is 90.4 cm³/mol. The predicted octanol–water partition coefficient (Wildman–Crippen LogP) is 5.13. The fourth-order valence-electron chi connectivity index (χ4n) is 2.09. The molecule has 0 aliphatic heterocycles. The second-order valence-corrected chi connectivity index (χ2v) is 5.81. The number of methoxy groups -OCH3 is 1. The van der Waals surface area contributed by atoms with E-state index in [1.54, 1.807) is 6.07 Å². The summed E-state index contributed by atoms with van der Waals surface area (Å²) in [7, 11) is 1.24. The summed E-state index contributed by atoms with van der Waals surface area (Å²) in [5.74, 6) is -6.63. The first kappa shape index (κ1) is 23.2. The third kappa shape index (κ3) is 5.10. The summed E-state index contributed by atoms with van der Waals surface area (Å²) in [4.78, 5) is 0. The Morgan fingerprint density at radius 1 is 0.967 bits per heavy atom. The number of hydrogen-bond donors (Lipinski definition) is 1. The number of benzene rings is 2. The van der Waals surface area contributed by atoms with Crippen molar-refractivity contribution in [3.63, 3.8) is 0 Å². The van der Waals surface area contributed by atoms with Gasteiger partial charge in [-0.05, 0) is 29.8 Å². The van der Waals surface area contributed by atoms with Gasteiger partial charge in [-0.3, -0.25) is 0 Å². The van der Waals surface area contributed by atoms with Gasteiger partial charge in [-0.2, -0.15) is 35.8 Å². The minimum Gasteiger partial charge on any atom is -0.493 e. The third-order valence-electron chi connectivity index (χ3n) is 3.70. The Bertz CT molecular complexity index is 900. The first-order chi connectivity index (χ1) is 13.9. The summed E-state index contributed by atoms with van der Waals surface area (Å²) in [6.45, 7) is -0.156. The topological polar surface area (TPSA) is 42.8 Å². The molecule has 0 radical (unpaired) electrons. The van der Waals surface area contributed by atoms with Crippen LogP contribution < -0.4 is 14.9 Å². The number of ether oxygens (including phenoxy) is 2. The zero-order chi connectivity index (χ0) is 22.6. The van der Waals surface area contributed by atoms with Gasteiger partial charge in [-0.15, -0.1) is 0 Å². The fourth-order valence-corrected chi connectivity index (χ4v) is 2.09. The molecular weight excluding hydrogens is 428 g/mol. The Hall–Kier alpha value is -3.05. The van der Waals surface area contributed by atoms with Crippen molar-refractivity contribution < 1.29 is 44.6 Å². The summed E-state index contributed by atoms with van der Waals surface area (Å²) in [6.07, 6.45) is -5.89. The van der Waals surface area contributed by atoms with E-state index in [2.05, 4.69) is 5.10 Å². The molecule has 1 N–H and O–H groups in total. The molecule has 0 atom stereocenters. The van der Waals surface area contributed by atoms with Crippen molar-refractivity contribution in [3.05, 3.63) is 59.4 Å². The van der Waals surface area contributed by atoms with Crippen molar-refractivity contribution in [2.24, 2.45) is 5.10 Å². The van der Waals surface area contributed by atoms with Gasteiger partial charge in [0.15, 0.2) is 11.5 Å². The normalized spacial score (nSPS) is 12.8. The zero-order valence-electron chi connectivity index (χ0n) is 15.1. The quantitative estimate of drug-likeness (QED) is 0.267. The zero-order valence-corrected chi connectivity index (χ0v) is 15.1. The minimum atomic E-state index is -6.47. The molecule has 0 saturated heterocycles. The first-order valence-corrected chi connectivity index (χ1v) is 8.06. The fraction of sp³-hybridized carbons (Fsp3) is 0.278. The average Bonchev–Trinajstić information content (AvgIpc) is 2.66. The van der Waals surface area contributed by atoms with Crippen molar-refractivity contribution in [2.75, 3.05) is 7.11 Å². The second-order valence-electron chi connectivity index (χ2n) is 5.81. The first-order valence-electron chi connectivity index (χ1n) is 8.06. The van der Waals surface area contributed by atoms with Gasteiger partial charge in [-0.1, -0.05) is 18.2 Å². The molecule has 0 amide bonds. The van der Waals surface area contributed by atoms with Gasteiger partial charge in [-0.25, -0.2) is 9.82 Å². The molecule has 2 rings (SSSR count). The van der Waals surface area contributed by atoms with E-state index in [1.807, 2.05) is 0 Å². The number of hydrogen-bond acceptors (Lipinski definition) is 4. The highest BCUT2D eigenvalue weighted by molar-refractivity contribution is 5.80. The maximum atomic E-state index is 13.6. The van der Waals surface area contributed by atoms with Crippen LogP contribution in [-0.4, -0.2) is 31.5 Å². The van der Waals surface area contributed by atoms with E-state index in [0.29, 0.717) is 11.6 Å². The lowest BCUT2D eigenvalue weighted by atomic mass is 10.2. The molecule has 0 heterocycles. The van der Waals surface area contributed by atoms with Crippen molar-refractivity contribution in [1.82, 2.24) is 5.43 Å². The Morgan fingerprint density at radius 3 is 2.23 bits per heavy atom. The lowest BCUT2D eigenvalue weighted by molar-refractivity contribution is -0.361. The van der Waals surface area contributed by atoms with Crippen LogP contribution in [0.2, 0.25) is 0 Å². The summed E-state index contributed by atoms with van der Waals surface area (Å²) in [5, 5.41) is 2.75. The molecule has 12 heteroatoms. The monoisotopic (exact) mass is 442 g/mol. The highest BCUT2D eigenvalue weighted by Gasteiger charge is 2.73. The summed E-state index contributed by atoms with van der Waals surface area (Å²) < 4.78 is 112. The van der Waals surface area contributed by atoms with Gasteiger partial charge in [0.05, 0.1) is 13.3 Å². The lowest BCUT2D eigenvalue weighted by Crippen LogP contribution is -2.58. The molecule has 0 unspecified atom stereocenters. The van der Waals surface area contributed by atoms with E-state index in [4.69, 9.17) is 9.47 Å². The highest BCUT2D eigenvalue weighted by Crippen LogP contribution is 2.45. The molecular formula is C18H14F8N2O2. The Morgan fingerprint density at radius 2 is 1.63 bits per heavy atom. The molecule has 2 aromatic rings. The highest BCUT2D eigenvalue weighted by atomic mass is 19.4. The molecule has 0 fully saturated rings. The van der Waals surface area contributed by atoms with Gasteiger partial charge >= 0.3 is 18.1 Å². The third-order valence-corrected chi connectivity index (χ3v) is 3.70. The van der Waals surface area contributed by atoms with Crippen LogP contribution in [0.5, 0.6) is 11.5 Å². The standard InChI is InChI=1S/C18H14F8N2O2/c1-29-15-8-11(9-27-28-18(25,26)16(20,21)17(22,23)24)6-7-14(15)30-10-12-4-2-3-5-13(12)19/h2-9,28H,10H2,1H3/b27-9+. The van der Waals surface area contributed by atoms with Gasteiger partial charge < -0.3 is 9.47 Å². The largest absolute Gasteiger partial charge is 0.493 e. The maximum absolute atomic E-state index is 13.6.